The van der Waals surface area contributed by atoms with Gasteiger partial charge in [-0.1, -0.05) is 36.8 Å². The molecular formula is C18H24FN5. The maximum atomic E-state index is 14.1. The van der Waals surface area contributed by atoms with Gasteiger partial charge in [-0.05, 0) is 44.6 Å². The minimum absolute atomic E-state index is 0.0471. The first-order chi connectivity index (χ1) is 11.4. The van der Waals surface area contributed by atoms with Crippen molar-refractivity contribution in [1.29, 1.82) is 0 Å². The minimum atomic E-state index is -1.65. The number of benzene rings is 1. The van der Waals surface area contributed by atoms with Crippen molar-refractivity contribution >= 4 is 11.9 Å². The lowest BCUT2D eigenvalue weighted by Crippen LogP contribution is -2.28. The first kappa shape index (κ1) is 16.6. The maximum absolute atomic E-state index is 14.1. The van der Waals surface area contributed by atoms with Crippen molar-refractivity contribution in [3.05, 3.63) is 41.7 Å². The van der Waals surface area contributed by atoms with Crippen LogP contribution >= 0.6 is 0 Å². The molecule has 1 aliphatic rings. The number of halogens is 1. The summed E-state index contributed by atoms with van der Waals surface area (Å²) in [4.78, 5) is 12.3. The van der Waals surface area contributed by atoms with E-state index in [0.29, 0.717) is 11.9 Å². The largest absolute Gasteiger partial charge is 0.368 e. The van der Waals surface area contributed by atoms with Crippen molar-refractivity contribution in [3.63, 3.8) is 0 Å². The van der Waals surface area contributed by atoms with E-state index in [9.17, 15) is 4.39 Å². The zero-order valence-corrected chi connectivity index (χ0v) is 14.2. The van der Waals surface area contributed by atoms with Crippen molar-refractivity contribution in [2.24, 2.45) is 5.92 Å². The molecule has 1 aromatic carbocycles. The number of nitrogen functional groups attached to an aromatic ring is 1. The number of hydrogen-bond donors (Lipinski definition) is 2. The molecule has 2 aromatic rings. The lowest BCUT2D eigenvalue weighted by molar-refractivity contribution is 0.206. The van der Waals surface area contributed by atoms with Gasteiger partial charge in [0.1, 0.15) is 0 Å². The fraction of sp³-hybridized carbons (Fsp3) is 0.500. The smallest absolute Gasteiger partial charge is 0.228 e. The second-order valence-corrected chi connectivity index (χ2v) is 6.94. The molecule has 1 saturated carbocycles. The number of anilines is 2. The number of nitrogens with zero attached hydrogens (tertiary/aromatic N) is 3. The Morgan fingerprint density at radius 3 is 2.62 bits per heavy atom. The van der Waals surface area contributed by atoms with Crippen LogP contribution in [0.4, 0.5) is 16.3 Å². The molecule has 0 radical (unpaired) electrons. The van der Waals surface area contributed by atoms with Gasteiger partial charge in [-0.25, -0.2) is 4.39 Å². The van der Waals surface area contributed by atoms with Crippen molar-refractivity contribution in [2.45, 2.75) is 51.2 Å². The monoisotopic (exact) mass is 329 g/mol. The van der Waals surface area contributed by atoms with Gasteiger partial charge in [-0.15, -0.1) is 0 Å². The van der Waals surface area contributed by atoms with Gasteiger partial charge in [0.15, 0.2) is 11.5 Å². The van der Waals surface area contributed by atoms with E-state index in [1.165, 1.54) is 19.4 Å². The summed E-state index contributed by atoms with van der Waals surface area (Å²) in [7, 11) is 0. The van der Waals surface area contributed by atoms with E-state index in [1.807, 2.05) is 6.07 Å². The van der Waals surface area contributed by atoms with E-state index in [-0.39, 0.29) is 17.8 Å². The Kier molecular flexibility index (Phi) is 4.64. The molecule has 0 spiro atoms. The number of aromatic nitrogens is 3. The van der Waals surface area contributed by atoms with E-state index in [4.69, 9.17) is 5.73 Å². The Morgan fingerprint density at radius 2 is 1.92 bits per heavy atom. The first-order valence-electron chi connectivity index (χ1n) is 8.43. The molecular weight excluding hydrogens is 305 g/mol. The molecule has 128 valence electrons. The molecule has 1 aliphatic carbocycles. The second kappa shape index (κ2) is 6.71. The standard InChI is InChI=1S/C18H24FN5/c1-18(2,19)15-22-16(20)24-17(23-15)21-14-10-6-9-13(14)11-12-7-4-3-5-8-12/h3-5,7-8,13-14H,6,9-11H2,1-2H3,(H3,20,21,22,23,24). The Labute approximate surface area is 141 Å². The van der Waals surface area contributed by atoms with E-state index in [2.05, 4.69) is 44.5 Å². The summed E-state index contributed by atoms with van der Waals surface area (Å²) in [5, 5.41) is 3.36. The van der Waals surface area contributed by atoms with E-state index >= 15 is 0 Å². The molecule has 0 aliphatic heterocycles. The van der Waals surface area contributed by atoms with Gasteiger partial charge in [0.2, 0.25) is 11.9 Å². The van der Waals surface area contributed by atoms with Gasteiger partial charge < -0.3 is 11.1 Å². The quantitative estimate of drug-likeness (QED) is 0.878. The minimum Gasteiger partial charge on any atom is -0.368 e. The molecule has 3 N–H and O–H groups in total. The summed E-state index contributed by atoms with van der Waals surface area (Å²) in [5.41, 5.74) is 5.40. The number of nitrogens with two attached hydrogens (primary N) is 1. The van der Waals surface area contributed by atoms with Crippen LogP contribution in [0, 0.1) is 5.92 Å². The normalized spacial score (nSPS) is 21.0. The molecule has 2 unspecified atom stereocenters. The lowest BCUT2D eigenvalue weighted by Gasteiger charge is -2.22. The molecule has 0 amide bonds. The highest BCUT2D eigenvalue weighted by molar-refractivity contribution is 5.34. The molecule has 0 saturated heterocycles. The number of alkyl halides is 1. The fourth-order valence-electron chi connectivity index (χ4n) is 3.28. The predicted molar refractivity (Wildman–Crippen MR) is 93.3 cm³/mol. The van der Waals surface area contributed by atoms with Crippen molar-refractivity contribution < 1.29 is 4.39 Å². The predicted octanol–water partition coefficient (Wildman–Crippen LogP) is 3.48. The molecule has 24 heavy (non-hydrogen) atoms. The number of hydrogen-bond acceptors (Lipinski definition) is 5. The molecule has 0 bridgehead atoms. The number of nitrogens with one attached hydrogen (secondary N) is 1. The third-order valence-corrected chi connectivity index (χ3v) is 4.50. The summed E-state index contributed by atoms with van der Waals surface area (Å²) < 4.78 is 14.1. The summed E-state index contributed by atoms with van der Waals surface area (Å²) >= 11 is 0. The van der Waals surface area contributed by atoms with Crippen LogP contribution in [-0.2, 0) is 12.1 Å². The third kappa shape index (κ3) is 3.99. The highest BCUT2D eigenvalue weighted by Gasteiger charge is 2.29. The lowest BCUT2D eigenvalue weighted by atomic mass is 9.95. The van der Waals surface area contributed by atoms with Gasteiger partial charge in [0.25, 0.3) is 0 Å². The Morgan fingerprint density at radius 1 is 1.17 bits per heavy atom. The summed E-state index contributed by atoms with van der Waals surface area (Å²) in [6.45, 7) is 2.83. The molecule has 3 rings (SSSR count). The van der Waals surface area contributed by atoms with Crippen LogP contribution in [0.3, 0.4) is 0 Å². The summed E-state index contributed by atoms with van der Waals surface area (Å²) in [6, 6.07) is 10.7. The van der Waals surface area contributed by atoms with Gasteiger partial charge in [-0.3, -0.25) is 0 Å². The third-order valence-electron chi connectivity index (χ3n) is 4.50. The summed E-state index contributed by atoms with van der Waals surface area (Å²) in [5.74, 6) is 0.987. The zero-order valence-electron chi connectivity index (χ0n) is 14.2. The van der Waals surface area contributed by atoms with Crippen LogP contribution in [0.15, 0.2) is 30.3 Å². The maximum Gasteiger partial charge on any atom is 0.228 e. The van der Waals surface area contributed by atoms with E-state index < -0.39 is 5.67 Å². The average molecular weight is 329 g/mol. The topological polar surface area (TPSA) is 76.7 Å². The van der Waals surface area contributed by atoms with E-state index in [1.54, 1.807) is 0 Å². The number of rotatable bonds is 5. The average Bonchev–Trinajstić information content (AvgIpc) is 2.94. The first-order valence-corrected chi connectivity index (χ1v) is 8.43. The highest BCUT2D eigenvalue weighted by Crippen LogP contribution is 2.31. The van der Waals surface area contributed by atoms with Crippen molar-refractivity contribution in [1.82, 2.24) is 15.0 Å². The van der Waals surface area contributed by atoms with Crippen LogP contribution in [0.25, 0.3) is 0 Å². The molecule has 1 heterocycles. The molecule has 5 nitrogen and oxygen atoms in total. The van der Waals surface area contributed by atoms with Crippen LogP contribution < -0.4 is 11.1 Å². The van der Waals surface area contributed by atoms with Gasteiger partial charge >= 0.3 is 0 Å². The van der Waals surface area contributed by atoms with Gasteiger partial charge in [-0.2, -0.15) is 15.0 Å². The summed E-state index contributed by atoms with van der Waals surface area (Å²) in [6.07, 6.45) is 4.39. The second-order valence-electron chi connectivity index (χ2n) is 6.94. The SMILES string of the molecule is CC(C)(F)c1nc(N)nc(NC2CCCC2Cc2ccccc2)n1. The van der Waals surface area contributed by atoms with Crippen LogP contribution in [0.5, 0.6) is 0 Å². The van der Waals surface area contributed by atoms with Crippen LogP contribution in [-0.4, -0.2) is 21.0 Å². The highest BCUT2D eigenvalue weighted by atomic mass is 19.1. The molecule has 1 aromatic heterocycles. The van der Waals surface area contributed by atoms with Gasteiger partial charge in [0, 0.05) is 6.04 Å². The van der Waals surface area contributed by atoms with Crippen molar-refractivity contribution in [3.8, 4) is 0 Å². The molecule has 2 atom stereocenters. The Balaban J connectivity index is 1.74. The molecule has 1 fully saturated rings. The zero-order chi connectivity index (χ0) is 17.2. The Bertz CT molecular complexity index is 684. The Hall–Kier alpha value is -2.24. The van der Waals surface area contributed by atoms with E-state index in [0.717, 1.165) is 25.7 Å². The van der Waals surface area contributed by atoms with Gasteiger partial charge in [0.05, 0.1) is 0 Å². The molecule has 6 heteroatoms. The van der Waals surface area contributed by atoms with Crippen molar-refractivity contribution in [2.75, 3.05) is 11.1 Å². The van der Waals surface area contributed by atoms with Crippen LogP contribution in [0.2, 0.25) is 0 Å². The van der Waals surface area contributed by atoms with Crippen LogP contribution in [0.1, 0.15) is 44.5 Å². The fourth-order valence-corrected chi connectivity index (χ4v) is 3.28.